The monoisotopic (exact) mass is 422 g/mol. The summed E-state index contributed by atoms with van der Waals surface area (Å²) in [4.78, 5) is 25.6. The average Bonchev–Trinajstić information content (AvgIpc) is 3.09. The smallest absolute Gasteiger partial charge is 0.319 e. The van der Waals surface area contributed by atoms with E-state index in [0.717, 1.165) is 6.07 Å². The lowest BCUT2D eigenvalue weighted by Crippen LogP contribution is -2.40. The minimum atomic E-state index is -0.639. The summed E-state index contributed by atoms with van der Waals surface area (Å²) in [5.74, 6) is -1.26. The van der Waals surface area contributed by atoms with Gasteiger partial charge in [-0.25, -0.2) is 13.6 Å². The van der Waals surface area contributed by atoms with Gasteiger partial charge in [-0.3, -0.25) is 4.79 Å². The molecular formula is C19H17ClF2N4O3. The van der Waals surface area contributed by atoms with Crippen LogP contribution >= 0.6 is 11.6 Å². The van der Waals surface area contributed by atoms with Crippen molar-refractivity contribution in [3.63, 3.8) is 0 Å². The Morgan fingerprint density at radius 1 is 1.28 bits per heavy atom. The molecule has 10 heteroatoms. The summed E-state index contributed by atoms with van der Waals surface area (Å²) < 4.78 is 32.5. The van der Waals surface area contributed by atoms with E-state index in [1.165, 1.54) is 24.3 Å². The van der Waals surface area contributed by atoms with Gasteiger partial charge in [0.15, 0.2) is 12.4 Å². The quantitative estimate of drug-likeness (QED) is 0.708. The van der Waals surface area contributed by atoms with Gasteiger partial charge in [-0.1, -0.05) is 11.6 Å². The van der Waals surface area contributed by atoms with Crippen LogP contribution in [0.3, 0.4) is 0 Å². The standard InChI is InChI=1S/C19H17ClF2N4O3/c20-10-5-14-18(29-9-17(27)24-14)15(6-10)25-19(28)23-12-3-4-26(8-12)16-2-1-11(21)7-13(16)22/h1-2,5-7,12H,3-4,8-9H2,(H,24,27)(H2,23,25,28). The summed E-state index contributed by atoms with van der Waals surface area (Å²) in [7, 11) is 0. The van der Waals surface area contributed by atoms with Gasteiger partial charge in [0.2, 0.25) is 0 Å². The van der Waals surface area contributed by atoms with Gasteiger partial charge in [-0.2, -0.15) is 0 Å². The Bertz CT molecular complexity index is 988. The van der Waals surface area contributed by atoms with Gasteiger partial charge < -0.3 is 25.6 Å². The molecule has 4 rings (SSSR count). The molecule has 2 aromatic carbocycles. The van der Waals surface area contributed by atoms with Crippen LogP contribution < -0.4 is 25.6 Å². The normalized spacial score (nSPS) is 18.0. The first-order chi connectivity index (χ1) is 13.9. The lowest BCUT2D eigenvalue weighted by Gasteiger charge is -2.22. The van der Waals surface area contributed by atoms with Crippen molar-refractivity contribution in [2.75, 3.05) is 35.2 Å². The van der Waals surface area contributed by atoms with Crippen molar-refractivity contribution in [3.05, 3.63) is 47.0 Å². The van der Waals surface area contributed by atoms with Crippen molar-refractivity contribution in [1.29, 1.82) is 0 Å². The van der Waals surface area contributed by atoms with Crippen molar-refractivity contribution in [3.8, 4) is 5.75 Å². The number of nitrogens with one attached hydrogen (secondary N) is 3. The molecule has 3 amide bonds. The van der Waals surface area contributed by atoms with Crippen LogP contribution in [0, 0.1) is 11.6 Å². The molecule has 2 aliphatic rings. The molecule has 3 N–H and O–H groups in total. The molecule has 29 heavy (non-hydrogen) atoms. The van der Waals surface area contributed by atoms with Crippen LogP contribution in [0.2, 0.25) is 5.02 Å². The van der Waals surface area contributed by atoms with E-state index in [1.54, 1.807) is 4.90 Å². The van der Waals surface area contributed by atoms with Gasteiger partial charge in [0.05, 0.1) is 17.1 Å². The Labute approximate surface area is 170 Å². The van der Waals surface area contributed by atoms with Gasteiger partial charge >= 0.3 is 6.03 Å². The number of hydrogen-bond acceptors (Lipinski definition) is 4. The van der Waals surface area contributed by atoms with E-state index < -0.39 is 17.7 Å². The lowest BCUT2D eigenvalue weighted by atomic mass is 10.2. The Morgan fingerprint density at radius 2 is 2.10 bits per heavy atom. The first-order valence-electron chi connectivity index (χ1n) is 8.93. The van der Waals surface area contributed by atoms with Gasteiger partial charge in [-0.05, 0) is 30.7 Å². The van der Waals surface area contributed by atoms with Crippen LogP contribution in [-0.2, 0) is 4.79 Å². The number of carbonyl (C=O) groups excluding carboxylic acids is 2. The molecule has 2 aliphatic heterocycles. The molecular weight excluding hydrogens is 406 g/mol. The predicted octanol–water partition coefficient (Wildman–Crippen LogP) is 3.35. The number of carbonyl (C=O) groups is 2. The van der Waals surface area contributed by atoms with Crippen LogP contribution in [0.25, 0.3) is 0 Å². The molecule has 1 saturated heterocycles. The SMILES string of the molecule is O=C1COc2c(cc(Cl)cc2NC(=O)NC2CCN(c3ccc(F)cc3F)C2)N1. The number of nitrogens with zero attached hydrogens (tertiary/aromatic N) is 1. The number of fused-ring (bicyclic) bond motifs is 1. The molecule has 0 spiro atoms. The Balaban J connectivity index is 1.40. The van der Waals surface area contributed by atoms with E-state index in [4.69, 9.17) is 16.3 Å². The number of urea groups is 1. The maximum atomic E-state index is 14.0. The average molecular weight is 423 g/mol. The zero-order valence-electron chi connectivity index (χ0n) is 15.1. The number of amides is 3. The second-order valence-corrected chi connectivity index (χ2v) is 7.23. The second kappa shape index (κ2) is 7.75. The van der Waals surface area contributed by atoms with E-state index in [2.05, 4.69) is 16.0 Å². The Morgan fingerprint density at radius 3 is 2.90 bits per heavy atom. The molecule has 0 aliphatic carbocycles. The second-order valence-electron chi connectivity index (χ2n) is 6.79. The van der Waals surface area contributed by atoms with Gasteiger partial charge in [0.25, 0.3) is 5.91 Å². The van der Waals surface area contributed by atoms with Crippen LogP contribution in [0.4, 0.5) is 30.6 Å². The molecule has 0 bridgehead atoms. The van der Waals surface area contributed by atoms with E-state index in [0.29, 0.717) is 47.3 Å². The number of ether oxygens (including phenoxy) is 1. The number of benzene rings is 2. The summed E-state index contributed by atoms with van der Waals surface area (Å²) in [6.07, 6.45) is 0.602. The van der Waals surface area contributed by atoms with Gasteiger partial charge in [-0.15, -0.1) is 0 Å². The number of hydrogen-bond donors (Lipinski definition) is 3. The summed E-state index contributed by atoms with van der Waals surface area (Å²) in [6.45, 7) is 0.747. The fraction of sp³-hybridized carbons (Fsp3) is 0.263. The van der Waals surface area contributed by atoms with Gasteiger partial charge in [0.1, 0.15) is 11.6 Å². The number of halogens is 3. The van der Waals surface area contributed by atoms with E-state index in [9.17, 15) is 18.4 Å². The molecule has 152 valence electrons. The highest BCUT2D eigenvalue weighted by Crippen LogP contribution is 2.38. The van der Waals surface area contributed by atoms with Crippen molar-refractivity contribution in [1.82, 2.24) is 5.32 Å². The van der Waals surface area contributed by atoms with E-state index >= 15 is 0 Å². The first-order valence-corrected chi connectivity index (χ1v) is 9.30. The fourth-order valence-corrected chi connectivity index (χ4v) is 3.66. The third-order valence-electron chi connectivity index (χ3n) is 4.70. The van der Waals surface area contributed by atoms with E-state index in [-0.39, 0.29) is 18.6 Å². The predicted molar refractivity (Wildman–Crippen MR) is 105 cm³/mol. The minimum absolute atomic E-state index is 0.161. The fourth-order valence-electron chi connectivity index (χ4n) is 3.44. The van der Waals surface area contributed by atoms with Crippen LogP contribution in [0.1, 0.15) is 6.42 Å². The molecule has 7 nitrogen and oxygen atoms in total. The topological polar surface area (TPSA) is 82.7 Å². The van der Waals surface area contributed by atoms with Crippen molar-refractivity contribution in [2.24, 2.45) is 0 Å². The van der Waals surface area contributed by atoms with Crippen molar-refractivity contribution < 1.29 is 23.1 Å². The summed E-state index contributed by atoms with van der Waals surface area (Å²) in [5, 5.41) is 8.45. The highest BCUT2D eigenvalue weighted by Gasteiger charge is 2.27. The third-order valence-corrected chi connectivity index (χ3v) is 4.92. The van der Waals surface area contributed by atoms with E-state index in [1.807, 2.05) is 0 Å². The Hall–Kier alpha value is -3.07. The van der Waals surface area contributed by atoms with Crippen LogP contribution in [0.5, 0.6) is 5.75 Å². The molecule has 2 aromatic rings. The van der Waals surface area contributed by atoms with Crippen LogP contribution in [0.15, 0.2) is 30.3 Å². The number of anilines is 3. The largest absolute Gasteiger partial charge is 0.479 e. The molecule has 0 aromatic heterocycles. The highest BCUT2D eigenvalue weighted by molar-refractivity contribution is 6.31. The molecule has 2 heterocycles. The third kappa shape index (κ3) is 4.19. The first kappa shape index (κ1) is 19.3. The van der Waals surface area contributed by atoms with Crippen molar-refractivity contribution >= 4 is 40.6 Å². The molecule has 1 fully saturated rings. The van der Waals surface area contributed by atoms with Crippen molar-refractivity contribution in [2.45, 2.75) is 12.5 Å². The number of rotatable bonds is 3. The Kier molecular flexibility index (Phi) is 5.14. The van der Waals surface area contributed by atoms with Gasteiger partial charge in [0, 0.05) is 30.2 Å². The maximum absolute atomic E-state index is 14.0. The molecule has 1 atom stereocenters. The molecule has 0 radical (unpaired) electrons. The zero-order valence-corrected chi connectivity index (χ0v) is 15.9. The summed E-state index contributed by atoms with van der Waals surface area (Å²) in [5.41, 5.74) is 0.997. The lowest BCUT2D eigenvalue weighted by molar-refractivity contribution is -0.118. The zero-order chi connectivity index (χ0) is 20.5. The molecule has 1 unspecified atom stereocenters. The summed E-state index contributed by atoms with van der Waals surface area (Å²) >= 11 is 6.05. The summed E-state index contributed by atoms with van der Waals surface area (Å²) in [6, 6.07) is 5.76. The highest BCUT2D eigenvalue weighted by atomic mass is 35.5. The molecule has 0 saturated carbocycles. The minimum Gasteiger partial charge on any atom is -0.479 e. The van der Waals surface area contributed by atoms with Crippen LogP contribution in [-0.4, -0.2) is 37.7 Å². The maximum Gasteiger partial charge on any atom is 0.319 e.